The fraction of sp³-hybridized carbons (Fsp3) is 0.375. The van der Waals surface area contributed by atoms with E-state index in [9.17, 15) is 18.0 Å². The van der Waals surface area contributed by atoms with Crippen molar-refractivity contribution < 1.29 is 18.0 Å². The molecule has 0 bridgehead atoms. The molecule has 1 fully saturated rings. The van der Waals surface area contributed by atoms with Gasteiger partial charge in [-0.05, 0) is 61.1 Å². The lowest BCUT2D eigenvalue weighted by Crippen LogP contribution is -2.54. The van der Waals surface area contributed by atoms with Crippen LogP contribution in [0.4, 0.5) is 5.69 Å². The highest BCUT2D eigenvalue weighted by atomic mass is 35.5. The summed E-state index contributed by atoms with van der Waals surface area (Å²) in [5.74, 6) is -0.704. The van der Waals surface area contributed by atoms with Gasteiger partial charge in [0.05, 0.1) is 11.9 Å². The first-order valence-electron chi connectivity index (χ1n) is 13.9. The zero-order chi connectivity index (χ0) is 29.6. The summed E-state index contributed by atoms with van der Waals surface area (Å²) in [5, 5.41) is 3.58. The number of halogens is 1. The largest absolute Gasteiger partial charge is 0.352 e. The maximum absolute atomic E-state index is 14.2. The van der Waals surface area contributed by atoms with Gasteiger partial charge in [-0.1, -0.05) is 85.1 Å². The molecule has 0 heterocycles. The Morgan fingerprint density at radius 1 is 0.951 bits per heavy atom. The van der Waals surface area contributed by atoms with Crippen LogP contribution in [0.3, 0.4) is 0 Å². The van der Waals surface area contributed by atoms with Gasteiger partial charge in [-0.25, -0.2) is 8.42 Å². The van der Waals surface area contributed by atoms with E-state index in [2.05, 4.69) is 5.32 Å². The smallest absolute Gasteiger partial charge is 0.244 e. The van der Waals surface area contributed by atoms with E-state index in [1.54, 1.807) is 18.2 Å². The lowest BCUT2D eigenvalue weighted by atomic mass is 10.0. The Bertz CT molecular complexity index is 1470. The molecule has 0 spiro atoms. The van der Waals surface area contributed by atoms with Crippen molar-refractivity contribution in [3.8, 4) is 0 Å². The minimum absolute atomic E-state index is 0.0680. The Labute approximate surface area is 248 Å². The summed E-state index contributed by atoms with van der Waals surface area (Å²) in [6.45, 7) is 3.47. The number of hydrogen-bond acceptors (Lipinski definition) is 4. The normalized spacial score (nSPS) is 14.4. The third kappa shape index (κ3) is 8.11. The third-order valence-corrected chi connectivity index (χ3v) is 9.24. The molecule has 2 amide bonds. The fourth-order valence-corrected chi connectivity index (χ4v) is 6.26. The molecule has 0 radical (unpaired) electrons. The van der Waals surface area contributed by atoms with Crippen LogP contribution in [0.5, 0.6) is 0 Å². The van der Waals surface area contributed by atoms with E-state index in [1.165, 1.54) is 4.90 Å². The third-order valence-electron chi connectivity index (χ3n) is 7.70. The van der Waals surface area contributed by atoms with Crippen LogP contribution in [0, 0.1) is 13.8 Å². The molecule has 1 atom stereocenters. The predicted octanol–water partition coefficient (Wildman–Crippen LogP) is 5.42. The van der Waals surface area contributed by atoms with E-state index < -0.39 is 28.5 Å². The first-order chi connectivity index (χ1) is 19.5. The van der Waals surface area contributed by atoms with Crippen molar-refractivity contribution in [1.29, 1.82) is 0 Å². The van der Waals surface area contributed by atoms with E-state index in [1.807, 2.05) is 68.4 Å². The lowest BCUT2D eigenvalue weighted by molar-refractivity contribution is -0.140. The maximum Gasteiger partial charge on any atom is 0.244 e. The molecule has 3 aromatic carbocycles. The monoisotopic (exact) mass is 595 g/mol. The van der Waals surface area contributed by atoms with Gasteiger partial charge in [0.2, 0.25) is 21.8 Å². The predicted molar refractivity (Wildman–Crippen MR) is 164 cm³/mol. The van der Waals surface area contributed by atoms with E-state index in [0.29, 0.717) is 17.1 Å². The Balaban J connectivity index is 1.74. The lowest BCUT2D eigenvalue weighted by Gasteiger charge is -2.34. The van der Waals surface area contributed by atoms with Crippen molar-refractivity contribution in [2.45, 2.75) is 64.6 Å². The Kier molecular flexibility index (Phi) is 10.1. The molecule has 7 nitrogen and oxygen atoms in total. The molecule has 1 saturated carbocycles. The number of nitrogens with one attached hydrogen (secondary N) is 1. The zero-order valence-electron chi connectivity index (χ0n) is 23.8. The van der Waals surface area contributed by atoms with Gasteiger partial charge in [0.15, 0.2) is 0 Å². The highest BCUT2D eigenvalue weighted by Gasteiger charge is 2.34. The molecule has 1 aliphatic rings. The quantitative estimate of drug-likeness (QED) is 0.321. The zero-order valence-corrected chi connectivity index (χ0v) is 25.4. The van der Waals surface area contributed by atoms with Crippen LogP contribution in [0.2, 0.25) is 5.02 Å². The van der Waals surface area contributed by atoms with Crippen LogP contribution in [0.15, 0.2) is 72.8 Å². The van der Waals surface area contributed by atoms with Crippen LogP contribution >= 0.6 is 11.6 Å². The number of benzene rings is 3. The Hall–Kier alpha value is -3.36. The number of anilines is 1. The average molecular weight is 596 g/mol. The van der Waals surface area contributed by atoms with Gasteiger partial charge in [0, 0.05) is 24.0 Å². The van der Waals surface area contributed by atoms with E-state index in [4.69, 9.17) is 11.6 Å². The summed E-state index contributed by atoms with van der Waals surface area (Å²) in [6.07, 6.45) is 5.29. The number of sulfonamides is 1. The van der Waals surface area contributed by atoms with Crippen molar-refractivity contribution in [3.05, 3.63) is 100 Å². The molecular weight excluding hydrogens is 558 g/mol. The van der Waals surface area contributed by atoms with Crippen molar-refractivity contribution in [3.63, 3.8) is 0 Å². The summed E-state index contributed by atoms with van der Waals surface area (Å²) >= 11 is 6.33. The second-order valence-electron chi connectivity index (χ2n) is 10.8. The summed E-state index contributed by atoms with van der Waals surface area (Å²) in [6, 6.07) is 21.4. The number of aryl methyl sites for hydroxylation is 2. The first-order valence-corrected chi connectivity index (χ1v) is 16.2. The Morgan fingerprint density at radius 3 is 2.24 bits per heavy atom. The number of nitrogens with zero attached hydrogens (tertiary/aromatic N) is 2. The van der Waals surface area contributed by atoms with Gasteiger partial charge in [-0.2, -0.15) is 0 Å². The number of carbonyl (C=O) groups excluding carboxylic acids is 2. The van der Waals surface area contributed by atoms with Crippen LogP contribution in [-0.2, 0) is 32.6 Å². The first kappa shape index (κ1) is 30.6. The molecule has 41 heavy (non-hydrogen) atoms. The average Bonchev–Trinajstić information content (AvgIpc) is 3.44. The standard InChI is InChI=1S/C32H38ClN3O4S/c1-23-11-7-8-14-26(23)21-35(31(37)22-36(41(3,39)40)28-18-17-24(2)29(33)20-28)30(19-25-12-5-4-6-13-25)32(38)34-27-15-9-10-16-27/h4-8,11-14,17-18,20,27,30H,9-10,15-16,19,21-22H2,1-3H3,(H,34,38). The van der Waals surface area contributed by atoms with Crippen molar-refractivity contribution in [1.82, 2.24) is 10.2 Å². The molecule has 4 rings (SSSR count). The summed E-state index contributed by atoms with van der Waals surface area (Å²) in [5.41, 5.74) is 3.86. The number of rotatable bonds is 11. The van der Waals surface area contributed by atoms with Crippen LogP contribution in [0.25, 0.3) is 0 Å². The molecule has 1 aliphatic carbocycles. The van der Waals surface area contributed by atoms with Gasteiger partial charge in [0.1, 0.15) is 12.6 Å². The van der Waals surface area contributed by atoms with Gasteiger partial charge >= 0.3 is 0 Å². The second kappa shape index (κ2) is 13.5. The molecule has 1 unspecified atom stereocenters. The fourth-order valence-electron chi connectivity index (χ4n) is 5.24. The highest BCUT2D eigenvalue weighted by Crippen LogP contribution is 2.26. The van der Waals surface area contributed by atoms with Crippen molar-refractivity contribution in [2.24, 2.45) is 0 Å². The molecule has 218 valence electrons. The van der Waals surface area contributed by atoms with Crippen molar-refractivity contribution in [2.75, 3.05) is 17.1 Å². The van der Waals surface area contributed by atoms with E-state index in [0.717, 1.165) is 58.5 Å². The maximum atomic E-state index is 14.2. The molecule has 0 saturated heterocycles. The highest BCUT2D eigenvalue weighted by molar-refractivity contribution is 7.92. The second-order valence-corrected chi connectivity index (χ2v) is 13.2. The van der Waals surface area contributed by atoms with Crippen LogP contribution in [-0.4, -0.2) is 50.0 Å². The SMILES string of the molecule is Cc1ccc(N(CC(=O)N(Cc2ccccc2C)C(Cc2ccccc2)C(=O)NC2CCCC2)S(C)(=O)=O)cc1Cl. The molecule has 0 aromatic heterocycles. The number of amides is 2. The van der Waals surface area contributed by atoms with E-state index in [-0.39, 0.29) is 18.5 Å². The topological polar surface area (TPSA) is 86.8 Å². The minimum Gasteiger partial charge on any atom is -0.352 e. The molecular formula is C32H38ClN3O4S. The number of hydrogen-bond donors (Lipinski definition) is 1. The molecule has 3 aromatic rings. The summed E-state index contributed by atoms with van der Waals surface area (Å²) < 4.78 is 27.0. The van der Waals surface area contributed by atoms with Crippen molar-refractivity contribution >= 4 is 39.1 Å². The van der Waals surface area contributed by atoms with Gasteiger partial charge in [0.25, 0.3) is 0 Å². The molecule has 9 heteroatoms. The van der Waals surface area contributed by atoms with Crippen LogP contribution < -0.4 is 9.62 Å². The molecule has 1 N–H and O–H groups in total. The van der Waals surface area contributed by atoms with Gasteiger partial charge < -0.3 is 10.2 Å². The molecule has 0 aliphatic heterocycles. The van der Waals surface area contributed by atoms with Gasteiger partial charge in [-0.15, -0.1) is 0 Å². The summed E-state index contributed by atoms with van der Waals surface area (Å²) in [4.78, 5) is 29.7. The number of carbonyl (C=O) groups is 2. The van der Waals surface area contributed by atoms with Crippen LogP contribution in [0.1, 0.15) is 47.9 Å². The van der Waals surface area contributed by atoms with Gasteiger partial charge in [-0.3, -0.25) is 13.9 Å². The Morgan fingerprint density at radius 2 is 1.61 bits per heavy atom. The minimum atomic E-state index is -3.85. The van der Waals surface area contributed by atoms with E-state index >= 15 is 0 Å². The summed E-state index contributed by atoms with van der Waals surface area (Å²) in [7, 11) is -3.85.